The first-order chi connectivity index (χ1) is 38.0. The fourth-order valence-electron chi connectivity index (χ4n) is 14.1. The van der Waals surface area contributed by atoms with E-state index in [1.165, 1.54) is 77.9 Å². The van der Waals surface area contributed by atoms with E-state index in [4.69, 9.17) is 4.74 Å². The molecular weight excluding hydrogens is 943 g/mol. The molecule has 0 N–H and O–H groups in total. The molecule has 2 nitrogen and oxygen atoms in total. The monoisotopic (exact) mass is 1000 g/mol. The van der Waals surface area contributed by atoms with Gasteiger partial charge in [-0.05, 0) is 142 Å². The molecule has 374 valence electrons. The van der Waals surface area contributed by atoms with Gasteiger partial charge in [-0.15, -0.1) is 0 Å². The summed E-state index contributed by atoms with van der Waals surface area (Å²) in [6.45, 7) is 14.1. The fourth-order valence-corrected chi connectivity index (χ4v) is 14.1. The summed E-state index contributed by atoms with van der Waals surface area (Å²) in [6, 6.07) is 93.8. The third-order valence-corrected chi connectivity index (χ3v) is 17.7. The first-order valence-electron chi connectivity index (χ1n) is 27.7. The molecule has 0 bridgehead atoms. The van der Waals surface area contributed by atoms with E-state index in [1.54, 1.807) is 0 Å². The Kier molecular flexibility index (Phi) is 9.95. The average Bonchev–Trinajstić information content (AvgIpc) is 3.50. The van der Waals surface area contributed by atoms with Gasteiger partial charge in [-0.2, -0.15) is 0 Å². The highest BCUT2D eigenvalue weighted by Gasteiger charge is 2.54. The van der Waals surface area contributed by atoms with Crippen LogP contribution in [0, 0.1) is 0 Å². The highest BCUT2D eigenvalue weighted by molar-refractivity contribution is 6.00. The fraction of sp³-hybridized carbons (Fsp3) is 0.132. The van der Waals surface area contributed by atoms with E-state index in [2.05, 4.69) is 295 Å². The van der Waals surface area contributed by atoms with E-state index >= 15 is 0 Å². The van der Waals surface area contributed by atoms with Crippen molar-refractivity contribution in [2.24, 2.45) is 0 Å². The number of rotatable bonds is 5. The van der Waals surface area contributed by atoms with Crippen molar-refractivity contribution in [3.8, 4) is 67.1 Å². The molecule has 0 amide bonds. The molecule has 3 aliphatic carbocycles. The third kappa shape index (κ3) is 6.44. The van der Waals surface area contributed by atoms with Crippen LogP contribution in [0.3, 0.4) is 0 Å². The van der Waals surface area contributed by atoms with Crippen molar-refractivity contribution in [1.82, 2.24) is 0 Å². The molecular formula is C76H59NO. The maximum atomic E-state index is 6.77. The largest absolute Gasteiger partial charge is 0.457 e. The van der Waals surface area contributed by atoms with E-state index in [-0.39, 0.29) is 10.8 Å². The molecule has 0 atom stereocenters. The minimum Gasteiger partial charge on any atom is -0.457 e. The van der Waals surface area contributed by atoms with Crippen LogP contribution < -0.4 is 9.64 Å². The second-order valence-corrected chi connectivity index (χ2v) is 23.9. The van der Waals surface area contributed by atoms with Crippen molar-refractivity contribution >= 4 is 17.1 Å². The van der Waals surface area contributed by atoms with E-state index in [1.807, 2.05) is 0 Å². The molecule has 0 fully saturated rings. The molecule has 0 radical (unpaired) electrons. The summed E-state index contributed by atoms with van der Waals surface area (Å²) in [7, 11) is 0. The molecule has 0 aromatic heterocycles. The lowest BCUT2D eigenvalue weighted by Gasteiger charge is -2.39. The Hall–Kier alpha value is -8.98. The van der Waals surface area contributed by atoms with Crippen molar-refractivity contribution in [1.29, 1.82) is 0 Å². The Bertz CT molecular complexity index is 4170. The van der Waals surface area contributed by atoms with Gasteiger partial charge in [-0.1, -0.05) is 248 Å². The van der Waals surface area contributed by atoms with Crippen molar-refractivity contribution in [3.05, 3.63) is 304 Å². The number of fused-ring (bicyclic) bond motifs is 19. The maximum absolute atomic E-state index is 6.77. The molecule has 15 rings (SSSR count). The zero-order chi connectivity index (χ0) is 52.7. The number of ether oxygens (including phenoxy) is 1. The lowest BCUT2D eigenvalue weighted by Crippen LogP contribution is -2.32. The minimum absolute atomic E-state index is 0.0520. The molecule has 11 aromatic rings. The number of hydrogen-bond acceptors (Lipinski definition) is 2. The zero-order valence-electron chi connectivity index (χ0n) is 45.0. The predicted molar refractivity (Wildman–Crippen MR) is 323 cm³/mol. The molecule has 0 unspecified atom stereocenters. The van der Waals surface area contributed by atoms with Crippen LogP contribution in [-0.2, 0) is 21.7 Å². The summed E-state index contributed by atoms with van der Waals surface area (Å²) < 4.78 is 6.77. The molecule has 4 aliphatic rings. The summed E-state index contributed by atoms with van der Waals surface area (Å²) in [4.78, 5) is 2.55. The van der Waals surface area contributed by atoms with Crippen molar-refractivity contribution in [2.45, 2.75) is 63.2 Å². The Morgan fingerprint density at radius 1 is 0.282 bits per heavy atom. The summed E-state index contributed by atoms with van der Waals surface area (Å²) in [5.74, 6) is 1.78. The number of hydrogen-bond donors (Lipinski definition) is 0. The van der Waals surface area contributed by atoms with Crippen LogP contribution in [-0.4, -0.2) is 0 Å². The van der Waals surface area contributed by atoms with Crippen LogP contribution in [0.25, 0.3) is 55.6 Å². The van der Waals surface area contributed by atoms with Gasteiger partial charge in [0.15, 0.2) is 0 Å². The van der Waals surface area contributed by atoms with Gasteiger partial charge >= 0.3 is 0 Å². The molecule has 1 aliphatic heterocycles. The SMILES string of the molecule is CC(C)(C)c1ccc2c(c1)C1(c3ccccc3-c3ccc(N(c4ccccc4-c4ccccc4)c4ccccc4-c4ccc5c(c4)C4(c6ccccc6Oc6ccccc64)c4ccccc4-5)cc31)c1cc(C(C)(C)C)ccc1-2. The average molecular weight is 1000 g/mol. The van der Waals surface area contributed by atoms with Gasteiger partial charge in [-0.3, -0.25) is 0 Å². The number of para-hydroxylation sites is 4. The van der Waals surface area contributed by atoms with Crippen LogP contribution in [0.2, 0.25) is 0 Å². The highest BCUT2D eigenvalue weighted by atomic mass is 16.5. The molecule has 2 spiro atoms. The lowest BCUT2D eigenvalue weighted by molar-refractivity contribution is 0.436. The van der Waals surface area contributed by atoms with E-state index in [0.717, 1.165) is 61.9 Å². The lowest BCUT2D eigenvalue weighted by atomic mass is 9.66. The maximum Gasteiger partial charge on any atom is 0.132 e. The zero-order valence-corrected chi connectivity index (χ0v) is 45.0. The van der Waals surface area contributed by atoms with Crippen LogP contribution in [0.1, 0.15) is 97.2 Å². The van der Waals surface area contributed by atoms with Gasteiger partial charge < -0.3 is 9.64 Å². The standard InChI is InChI=1S/C76H59NO/c1-73(2,3)50-37-41-58-59-42-38-51(74(4,5)6)46-67(59)76(66(58)45-50)62-29-15-11-27-56(62)60-43-39-52(47-68(60)76)77(69-32-18-12-24-53(69)48-22-8-7-9-23-48)70-33-19-13-25-54(70)49-36-40-57-55-26-10-14-28-61(55)75(65(57)44-49)63-30-16-20-34-71(63)78-72-35-21-17-31-64(72)75/h7-47H,1-6H3. The topological polar surface area (TPSA) is 12.5 Å². The molecule has 0 saturated heterocycles. The van der Waals surface area contributed by atoms with Crippen molar-refractivity contribution in [3.63, 3.8) is 0 Å². The van der Waals surface area contributed by atoms with Gasteiger partial charge in [0.25, 0.3) is 0 Å². The second kappa shape index (κ2) is 16.8. The smallest absolute Gasteiger partial charge is 0.132 e. The van der Waals surface area contributed by atoms with Gasteiger partial charge in [0.1, 0.15) is 11.5 Å². The Balaban J connectivity index is 1.00. The van der Waals surface area contributed by atoms with E-state index < -0.39 is 10.8 Å². The third-order valence-electron chi connectivity index (χ3n) is 17.7. The van der Waals surface area contributed by atoms with Gasteiger partial charge in [-0.25, -0.2) is 0 Å². The van der Waals surface area contributed by atoms with Crippen LogP contribution in [0.4, 0.5) is 17.1 Å². The van der Waals surface area contributed by atoms with Crippen LogP contribution in [0.15, 0.2) is 249 Å². The Morgan fingerprint density at radius 2 is 0.654 bits per heavy atom. The number of nitrogens with zero attached hydrogens (tertiary/aromatic N) is 1. The molecule has 1 heterocycles. The Morgan fingerprint density at radius 3 is 1.18 bits per heavy atom. The van der Waals surface area contributed by atoms with E-state index in [9.17, 15) is 0 Å². The van der Waals surface area contributed by atoms with E-state index in [0.29, 0.717) is 0 Å². The van der Waals surface area contributed by atoms with Gasteiger partial charge in [0.2, 0.25) is 0 Å². The first-order valence-corrected chi connectivity index (χ1v) is 27.7. The normalized spacial score (nSPS) is 14.3. The second-order valence-electron chi connectivity index (χ2n) is 23.9. The summed E-state index contributed by atoms with van der Waals surface area (Å²) >= 11 is 0. The molecule has 0 saturated carbocycles. The molecule has 2 heteroatoms. The quantitative estimate of drug-likeness (QED) is 0.170. The summed E-state index contributed by atoms with van der Waals surface area (Å²) in [5.41, 5.74) is 27.2. The van der Waals surface area contributed by atoms with Crippen LogP contribution in [0.5, 0.6) is 11.5 Å². The van der Waals surface area contributed by atoms with Gasteiger partial charge in [0.05, 0.1) is 22.2 Å². The summed E-state index contributed by atoms with van der Waals surface area (Å²) in [5, 5.41) is 0. The molecule has 11 aromatic carbocycles. The number of anilines is 3. The van der Waals surface area contributed by atoms with Crippen molar-refractivity contribution in [2.75, 3.05) is 4.90 Å². The van der Waals surface area contributed by atoms with Crippen molar-refractivity contribution < 1.29 is 4.74 Å². The molecule has 78 heavy (non-hydrogen) atoms. The Labute approximate surface area is 459 Å². The number of benzene rings is 11. The predicted octanol–water partition coefficient (Wildman–Crippen LogP) is 19.9. The first kappa shape index (κ1) is 46.3. The van der Waals surface area contributed by atoms with Gasteiger partial charge in [0, 0.05) is 27.9 Å². The van der Waals surface area contributed by atoms with Crippen LogP contribution >= 0.6 is 0 Å². The highest BCUT2D eigenvalue weighted by Crippen LogP contribution is 2.66. The minimum atomic E-state index is -0.598. The summed E-state index contributed by atoms with van der Waals surface area (Å²) in [6.07, 6.45) is 0.